The van der Waals surface area contributed by atoms with E-state index in [9.17, 15) is 0 Å². The quantitative estimate of drug-likeness (QED) is 0.534. The van der Waals surface area contributed by atoms with Crippen LogP contribution in [0, 0.1) is 6.92 Å². The van der Waals surface area contributed by atoms with Crippen molar-refractivity contribution < 1.29 is 14.2 Å². The lowest BCUT2D eigenvalue weighted by Crippen LogP contribution is -2.42. The normalized spacial score (nSPS) is 12.4. The minimum Gasteiger partial charge on any atom is -0.493 e. The van der Waals surface area contributed by atoms with Crippen LogP contribution in [0.2, 0.25) is 0 Å². The molecule has 0 saturated carbocycles. The smallest absolute Gasteiger partial charge is 0.203 e. The lowest BCUT2D eigenvalue weighted by Gasteiger charge is -2.19. The summed E-state index contributed by atoms with van der Waals surface area (Å²) in [6, 6.07) is 8.43. The summed E-state index contributed by atoms with van der Waals surface area (Å²) < 4.78 is 16.3. The number of nitrogens with zero attached hydrogens (tertiary/aromatic N) is 1. The Labute approximate surface area is 165 Å². The summed E-state index contributed by atoms with van der Waals surface area (Å²) in [5.74, 6) is 2.62. The van der Waals surface area contributed by atoms with Gasteiger partial charge < -0.3 is 24.8 Å². The average molecular weight is 392 g/mol. The summed E-state index contributed by atoms with van der Waals surface area (Å²) in [6.07, 6.45) is 0.957. The summed E-state index contributed by atoms with van der Waals surface area (Å²) >= 11 is 1.83. The zero-order chi connectivity index (χ0) is 19.8. The topological polar surface area (TPSA) is 64.1 Å². The highest BCUT2D eigenvalue weighted by molar-refractivity contribution is 7.11. The number of aryl methyl sites for hydroxylation is 1. The number of nitrogens with one attached hydrogen (secondary N) is 2. The standard InChI is InChI=1S/C20H29N3O3S/c1-13(11-16-9-7-14(2)27-16)23-20(21-3)22-12-15-8-10-17(24-4)19(26-6)18(15)25-5/h7-10,13H,11-12H2,1-6H3,(H2,21,22,23). The molecule has 0 aliphatic heterocycles. The molecule has 1 unspecified atom stereocenters. The second kappa shape index (κ2) is 10.1. The Kier molecular flexibility index (Phi) is 7.79. The van der Waals surface area contributed by atoms with Crippen LogP contribution in [-0.4, -0.2) is 40.4 Å². The van der Waals surface area contributed by atoms with E-state index in [2.05, 4.69) is 41.6 Å². The molecule has 6 nitrogen and oxygen atoms in total. The van der Waals surface area contributed by atoms with Crippen LogP contribution < -0.4 is 24.8 Å². The van der Waals surface area contributed by atoms with Gasteiger partial charge in [-0.15, -0.1) is 11.3 Å². The third-order valence-electron chi connectivity index (χ3n) is 4.14. The molecule has 2 N–H and O–H groups in total. The Morgan fingerprint density at radius 3 is 2.37 bits per heavy atom. The fourth-order valence-electron chi connectivity index (χ4n) is 2.86. The Morgan fingerprint density at radius 2 is 1.81 bits per heavy atom. The molecule has 0 aliphatic rings. The summed E-state index contributed by atoms with van der Waals surface area (Å²) in [7, 11) is 6.60. The Hall–Kier alpha value is -2.41. The molecule has 2 rings (SSSR count). The molecule has 2 aromatic rings. The lowest BCUT2D eigenvalue weighted by molar-refractivity contribution is 0.322. The SMILES string of the molecule is CN=C(NCc1ccc(OC)c(OC)c1OC)NC(C)Cc1ccc(C)s1. The van der Waals surface area contributed by atoms with Crippen molar-refractivity contribution in [3.8, 4) is 17.2 Å². The molecule has 0 aliphatic carbocycles. The van der Waals surface area contributed by atoms with E-state index in [4.69, 9.17) is 14.2 Å². The first-order valence-corrected chi connectivity index (χ1v) is 9.64. The van der Waals surface area contributed by atoms with Gasteiger partial charge in [-0.25, -0.2) is 0 Å². The van der Waals surface area contributed by atoms with Crippen molar-refractivity contribution in [1.82, 2.24) is 10.6 Å². The predicted octanol–water partition coefficient (Wildman–Crippen LogP) is 3.38. The van der Waals surface area contributed by atoms with Gasteiger partial charge in [0.05, 0.1) is 21.3 Å². The summed E-state index contributed by atoms with van der Waals surface area (Å²) in [4.78, 5) is 7.02. The van der Waals surface area contributed by atoms with E-state index in [0.717, 1.165) is 17.9 Å². The van der Waals surface area contributed by atoms with E-state index in [1.807, 2.05) is 23.5 Å². The van der Waals surface area contributed by atoms with Crippen molar-refractivity contribution >= 4 is 17.3 Å². The number of benzene rings is 1. The van der Waals surface area contributed by atoms with Crippen LogP contribution in [-0.2, 0) is 13.0 Å². The fraction of sp³-hybridized carbons (Fsp3) is 0.450. The molecule has 0 fully saturated rings. The van der Waals surface area contributed by atoms with Gasteiger partial charge in [0.2, 0.25) is 5.75 Å². The highest BCUT2D eigenvalue weighted by atomic mass is 32.1. The van der Waals surface area contributed by atoms with Gasteiger partial charge in [-0.1, -0.05) is 0 Å². The van der Waals surface area contributed by atoms with Gasteiger partial charge in [0.15, 0.2) is 17.5 Å². The van der Waals surface area contributed by atoms with Gasteiger partial charge in [0, 0.05) is 41.4 Å². The third kappa shape index (κ3) is 5.53. The first-order chi connectivity index (χ1) is 13.0. The van der Waals surface area contributed by atoms with Crippen LogP contribution in [0.25, 0.3) is 0 Å². The van der Waals surface area contributed by atoms with Crippen molar-refractivity contribution in [2.24, 2.45) is 4.99 Å². The van der Waals surface area contributed by atoms with Crippen molar-refractivity contribution in [2.45, 2.75) is 32.9 Å². The zero-order valence-electron chi connectivity index (χ0n) is 16.9. The van der Waals surface area contributed by atoms with Crippen LogP contribution in [0.4, 0.5) is 0 Å². The van der Waals surface area contributed by atoms with Crippen LogP contribution in [0.3, 0.4) is 0 Å². The molecule has 0 bridgehead atoms. The van der Waals surface area contributed by atoms with E-state index in [1.54, 1.807) is 28.4 Å². The van der Waals surface area contributed by atoms with E-state index in [-0.39, 0.29) is 6.04 Å². The van der Waals surface area contributed by atoms with Gasteiger partial charge in [0.25, 0.3) is 0 Å². The number of thiophene rings is 1. The molecule has 7 heteroatoms. The molecule has 27 heavy (non-hydrogen) atoms. The summed E-state index contributed by atoms with van der Waals surface area (Å²) in [6.45, 7) is 4.83. The van der Waals surface area contributed by atoms with Gasteiger partial charge >= 0.3 is 0 Å². The molecule has 1 heterocycles. The maximum Gasteiger partial charge on any atom is 0.203 e. The maximum atomic E-state index is 5.53. The Balaban J connectivity index is 2.01. The third-order valence-corrected chi connectivity index (χ3v) is 5.17. The second-order valence-electron chi connectivity index (χ2n) is 6.18. The molecule has 1 atom stereocenters. The highest BCUT2D eigenvalue weighted by Gasteiger charge is 2.16. The zero-order valence-corrected chi connectivity index (χ0v) is 17.7. The van der Waals surface area contributed by atoms with E-state index >= 15 is 0 Å². The van der Waals surface area contributed by atoms with Gasteiger partial charge in [-0.05, 0) is 38.1 Å². The summed E-state index contributed by atoms with van der Waals surface area (Å²) in [5, 5.41) is 6.77. The molecule has 148 valence electrons. The predicted molar refractivity (Wildman–Crippen MR) is 112 cm³/mol. The van der Waals surface area contributed by atoms with E-state index in [0.29, 0.717) is 23.8 Å². The maximum absolute atomic E-state index is 5.53. The number of aliphatic imine (C=N–C) groups is 1. The van der Waals surface area contributed by atoms with Crippen molar-refractivity contribution in [3.05, 3.63) is 39.6 Å². The molecular weight excluding hydrogens is 362 g/mol. The fourth-order valence-corrected chi connectivity index (χ4v) is 3.88. The molecule has 1 aromatic carbocycles. The Morgan fingerprint density at radius 1 is 1.07 bits per heavy atom. The summed E-state index contributed by atoms with van der Waals surface area (Å²) in [5.41, 5.74) is 0.958. The van der Waals surface area contributed by atoms with Crippen LogP contribution in [0.5, 0.6) is 17.2 Å². The molecular formula is C20H29N3O3S. The van der Waals surface area contributed by atoms with Crippen LogP contribution in [0.1, 0.15) is 22.2 Å². The number of hydrogen-bond donors (Lipinski definition) is 2. The number of guanidine groups is 1. The van der Waals surface area contributed by atoms with Crippen molar-refractivity contribution in [1.29, 1.82) is 0 Å². The molecule has 0 saturated heterocycles. The van der Waals surface area contributed by atoms with E-state index in [1.165, 1.54) is 9.75 Å². The number of rotatable bonds is 8. The number of methoxy groups -OCH3 is 3. The first-order valence-electron chi connectivity index (χ1n) is 8.82. The largest absolute Gasteiger partial charge is 0.493 e. The lowest BCUT2D eigenvalue weighted by atomic mass is 10.1. The molecule has 0 radical (unpaired) electrons. The minimum atomic E-state index is 0.265. The molecule has 1 aromatic heterocycles. The van der Waals surface area contributed by atoms with Crippen molar-refractivity contribution in [2.75, 3.05) is 28.4 Å². The minimum absolute atomic E-state index is 0.265. The van der Waals surface area contributed by atoms with Crippen LogP contribution in [0.15, 0.2) is 29.3 Å². The molecule has 0 spiro atoms. The Bertz CT molecular complexity index is 774. The molecule has 0 amide bonds. The highest BCUT2D eigenvalue weighted by Crippen LogP contribution is 2.39. The van der Waals surface area contributed by atoms with Crippen LogP contribution >= 0.6 is 11.3 Å². The first kappa shape index (κ1) is 20.9. The van der Waals surface area contributed by atoms with Crippen molar-refractivity contribution in [3.63, 3.8) is 0 Å². The van der Waals surface area contributed by atoms with E-state index < -0.39 is 0 Å². The average Bonchev–Trinajstić information content (AvgIpc) is 3.08. The second-order valence-corrected chi connectivity index (χ2v) is 7.55. The number of ether oxygens (including phenoxy) is 3. The monoisotopic (exact) mass is 391 g/mol. The van der Waals surface area contributed by atoms with Gasteiger partial charge in [-0.2, -0.15) is 0 Å². The van der Waals surface area contributed by atoms with Gasteiger partial charge in [0.1, 0.15) is 0 Å². The van der Waals surface area contributed by atoms with Gasteiger partial charge in [-0.3, -0.25) is 4.99 Å². The number of hydrogen-bond acceptors (Lipinski definition) is 5.